The van der Waals surface area contributed by atoms with E-state index in [4.69, 9.17) is 4.74 Å². The quantitative estimate of drug-likeness (QED) is 0.690. The lowest BCUT2D eigenvalue weighted by Gasteiger charge is -2.25. The van der Waals surface area contributed by atoms with Crippen molar-refractivity contribution in [3.63, 3.8) is 0 Å². The normalized spacial score (nSPS) is 12.9. The second-order valence-corrected chi connectivity index (χ2v) is 7.27. The minimum absolute atomic E-state index is 0.167. The molecule has 0 aliphatic heterocycles. The lowest BCUT2D eigenvalue weighted by Crippen LogP contribution is -2.38. The van der Waals surface area contributed by atoms with Gasteiger partial charge in [-0.15, -0.1) is 0 Å². The van der Waals surface area contributed by atoms with E-state index in [0.717, 1.165) is 5.69 Å². The van der Waals surface area contributed by atoms with Gasteiger partial charge in [-0.25, -0.2) is 0 Å². The van der Waals surface area contributed by atoms with Crippen LogP contribution in [0.5, 0.6) is 0 Å². The zero-order valence-electron chi connectivity index (χ0n) is 16.2. The Morgan fingerprint density at radius 1 is 1.40 bits per heavy atom. The van der Waals surface area contributed by atoms with Crippen molar-refractivity contribution in [2.45, 2.75) is 53.5 Å². The standard InChI is InChI=1S/C18H31N3O4/c1-7-25-10-8-9-20(12-13(2)17(23)24)16(22)15-11-19-21(14(15)3)18(4,5)6/h11,13H,7-10,12H2,1-6H3,(H,23,24). The van der Waals surface area contributed by atoms with Gasteiger partial charge >= 0.3 is 5.97 Å². The minimum Gasteiger partial charge on any atom is -0.481 e. The van der Waals surface area contributed by atoms with E-state index in [1.807, 2.05) is 39.3 Å². The maximum atomic E-state index is 13.0. The van der Waals surface area contributed by atoms with E-state index < -0.39 is 11.9 Å². The van der Waals surface area contributed by atoms with Gasteiger partial charge in [0.05, 0.1) is 23.2 Å². The third-order valence-corrected chi connectivity index (χ3v) is 4.00. The molecule has 0 fully saturated rings. The van der Waals surface area contributed by atoms with E-state index in [1.165, 1.54) is 0 Å². The topological polar surface area (TPSA) is 84.7 Å². The maximum absolute atomic E-state index is 13.0. The van der Waals surface area contributed by atoms with Crippen LogP contribution in [-0.2, 0) is 15.1 Å². The molecule has 25 heavy (non-hydrogen) atoms. The van der Waals surface area contributed by atoms with Crippen LogP contribution in [0.3, 0.4) is 0 Å². The first-order valence-corrected chi connectivity index (χ1v) is 8.74. The van der Waals surface area contributed by atoms with Gasteiger partial charge in [0, 0.05) is 32.0 Å². The van der Waals surface area contributed by atoms with Crippen LogP contribution in [0.15, 0.2) is 6.20 Å². The molecule has 0 spiro atoms. The second kappa shape index (κ2) is 8.99. The molecule has 1 amide bonds. The molecular weight excluding hydrogens is 322 g/mol. The van der Waals surface area contributed by atoms with Crippen LogP contribution < -0.4 is 0 Å². The highest BCUT2D eigenvalue weighted by atomic mass is 16.5. The van der Waals surface area contributed by atoms with Crippen LogP contribution >= 0.6 is 0 Å². The van der Waals surface area contributed by atoms with Crippen LogP contribution in [0, 0.1) is 12.8 Å². The highest BCUT2D eigenvalue weighted by Gasteiger charge is 2.26. The second-order valence-electron chi connectivity index (χ2n) is 7.27. The highest BCUT2D eigenvalue weighted by Crippen LogP contribution is 2.20. The van der Waals surface area contributed by atoms with Gasteiger partial charge in [-0.2, -0.15) is 5.10 Å². The van der Waals surface area contributed by atoms with Crippen molar-refractivity contribution in [2.75, 3.05) is 26.3 Å². The average molecular weight is 353 g/mol. The number of hydrogen-bond acceptors (Lipinski definition) is 4. The number of rotatable bonds is 9. The van der Waals surface area contributed by atoms with Crippen molar-refractivity contribution in [1.82, 2.24) is 14.7 Å². The lowest BCUT2D eigenvalue weighted by atomic mass is 10.1. The molecule has 1 aromatic rings. The molecule has 142 valence electrons. The Hall–Kier alpha value is -1.89. The van der Waals surface area contributed by atoms with Gasteiger partial charge in [0.15, 0.2) is 0 Å². The molecule has 7 heteroatoms. The van der Waals surface area contributed by atoms with E-state index in [2.05, 4.69) is 5.10 Å². The number of carboxylic acids is 1. The molecule has 0 aliphatic rings. The Bertz CT molecular complexity index is 590. The molecule has 1 unspecified atom stereocenters. The number of aromatic nitrogens is 2. The number of carbonyl (C=O) groups is 2. The van der Waals surface area contributed by atoms with Crippen LogP contribution in [0.2, 0.25) is 0 Å². The van der Waals surface area contributed by atoms with Crippen LogP contribution in [0.25, 0.3) is 0 Å². The van der Waals surface area contributed by atoms with Crippen molar-refractivity contribution in [1.29, 1.82) is 0 Å². The number of hydrogen-bond donors (Lipinski definition) is 1. The predicted octanol–water partition coefficient (Wildman–Crippen LogP) is 2.54. The molecule has 7 nitrogen and oxygen atoms in total. The summed E-state index contributed by atoms with van der Waals surface area (Å²) in [5.41, 5.74) is 1.08. The fraction of sp³-hybridized carbons (Fsp3) is 0.722. The Morgan fingerprint density at radius 3 is 2.52 bits per heavy atom. The predicted molar refractivity (Wildman–Crippen MR) is 95.8 cm³/mol. The van der Waals surface area contributed by atoms with E-state index in [1.54, 1.807) is 18.0 Å². The molecular formula is C18H31N3O4. The van der Waals surface area contributed by atoms with Gasteiger partial charge in [0.25, 0.3) is 5.91 Å². The van der Waals surface area contributed by atoms with E-state index >= 15 is 0 Å². The molecule has 1 atom stereocenters. The third kappa shape index (κ3) is 5.85. The number of ether oxygens (including phenoxy) is 1. The summed E-state index contributed by atoms with van der Waals surface area (Å²) in [5, 5.41) is 13.5. The van der Waals surface area contributed by atoms with E-state index in [9.17, 15) is 14.7 Å². The Balaban J connectivity index is 2.98. The molecule has 0 aromatic carbocycles. The zero-order chi connectivity index (χ0) is 19.2. The van der Waals surface area contributed by atoms with Crippen molar-refractivity contribution >= 4 is 11.9 Å². The van der Waals surface area contributed by atoms with Gasteiger partial charge < -0.3 is 14.7 Å². The fourth-order valence-electron chi connectivity index (χ4n) is 2.65. The smallest absolute Gasteiger partial charge is 0.308 e. The fourth-order valence-corrected chi connectivity index (χ4v) is 2.65. The monoisotopic (exact) mass is 353 g/mol. The summed E-state index contributed by atoms with van der Waals surface area (Å²) >= 11 is 0. The van der Waals surface area contributed by atoms with Crippen LogP contribution in [0.1, 0.15) is 57.1 Å². The summed E-state index contributed by atoms with van der Waals surface area (Å²) in [7, 11) is 0. The summed E-state index contributed by atoms with van der Waals surface area (Å²) in [4.78, 5) is 25.8. The average Bonchev–Trinajstić information content (AvgIpc) is 2.91. The van der Waals surface area contributed by atoms with Gasteiger partial charge in [0.1, 0.15) is 0 Å². The van der Waals surface area contributed by atoms with E-state index in [0.29, 0.717) is 31.7 Å². The molecule has 0 aliphatic carbocycles. The Kier molecular flexibility index (Phi) is 7.60. The van der Waals surface area contributed by atoms with Crippen molar-refractivity contribution in [3.8, 4) is 0 Å². The molecule has 1 heterocycles. The largest absolute Gasteiger partial charge is 0.481 e. The number of carboxylic acid groups (broad SMARTS) is 1. The van der Waals surface area contributed by atoms with Crippen molar-refractivity contribution in [2.24, 2.45) is 5.92 Å². The first-order valence-electron chi connectivity index (χ1n) is 8.74. The van der Waals surface area contributed by atoms with Crippen molar-refractivity contribution < 1.29 is 19.4 Å². The van der Waals surface area contributed by atoms with Crippen LogP contribution in [0.4, 0.5) is 0 Å². The SMILES string of the molecule is CCOCCCN(CC(C)C(=O)O)C(=O)c1cnn(C(C)(C)C)c1C. The molecule has 1 N–H and O–H groups in total. The number of carbonyl (C=O) groups excluding carboxylic acids is 1. The van der Waals surface area contributed by atoms with Gasteiger partial charge in [-0.1, -0.05) is 6.92 Å². The number of nitrogens with zero attached hydrogens (tertiary/aromatic N) is 3. The summed E-state index contributed by atoms with van der Waals surface area (Å²) in [6.07, 6.45) is 2.24. The van der Waals surface area contributed by atoms with Gasteiger partial charge in [-0.05, 0) is 41.0 Å². The molecule has 0 saturated heterocycles. The van der Waals surface area contributed by atoms with Gasteiger partial charge in [0.2, 0.25) is 0 Å². The molecule has 0 saturated carbocycles. The summed E-state index contributed by atoms with van der Waals surface area (Å²) in [6.45, 7) is 13.2. The molecule has 1 aromatic heterocycles. The zero-order valence-corrected chi connectivity index (χ0v) is 16.2. The first kappa shape index (κ1) is 21.2. The van der Waals surface area contributed by atoms with Crippen LogP contribution in [-0.4, -0.2) is 58.0 Å². The summed E-state index contributed by atoms with van der Waals surface area (Å²) in [6, 6.07) is 0. The molecule has 0 bridgehead atoms. The summed E-state index contributed by atoms with van der Waals surface area (Å²) < 4.78 is 7.14. The van der Waals surface area contributed by atoms with Crippen molar-refractivity contribution in [3.05, 3.63) is 17.5 Å². The number of amides is 1. The lowest BCUT2D eigenvalue weighted by molar-refractivity contribution is -0.141. The Labute approximate surface area is 150 Å². The summed E-state index contributed by atoms with van der Waals surface area (Å²) in [5.74, 6) is -1.73. The first-order chi connectivity index (χ1) is 11.6. The van der Waals surface area contributed by atoms with E-state index in [-0.39, 0.29) is 18.0 Å². The molecule has 1 rings (SSSR count). The minimum atomic E-state index is -0.912. The van der Waals surface area contributed by atoms with Gasteiger partial charge in [-0.3, -0.25) is 14.3 Å². The maximum Gasteiger partial charge on any atom is 0.308 e. The Morgan fingerprint density at radius 2 is 2.04 bits per heavy atom. The number of aliphatic carboxylic acids is 1. The highest BCUT2D eigenvalue weighted by molar-refractivity contribution is 5.95. The third-order valence-electron chi connectivity index (χ3n) is 4.00. The molecule has 0 radical (unpaired) electrons.